The Kier molecular flexibility index (Phi) is 3.49. The molecule has 0 aliphatic rings. The molecule has 0 aliphatic heterocycles. The van der Waals surface area contributed by atoms with Gasteiger partial charge < -0.3 is 9.47 Å². The predicted octanol–water partition coefficient (Wildman–Crippen LogP) is 0.578. The Morgan fingerprint density at radius 1 is 1.58 bits per heavy atom. The van der Waals surface area contributed by atoms with Gasteiger partial charge in [-0.3, -0.25) is 0 Å². The average Bonchev–Trinajstić information content (AvgIpc) is 2.47. The fraction of sp³-hybridized carbons (Fsp3) is 0.714. The van der Waals surface area contributed by atoms with Gasteiger partial charge in [-0.1, -0.05) is 0 Å². The van der Waals surface area contributed by atoms with Crippen LogP contribution >= 0.6 is 11.6 Å². The van der Waals surface area contributed by atoms with Gasteiger partial charge >= 0.3 is 0 Å². The second-order valence-electron chi connectivity index (χ2n) is 2.88. The SMILES string of the molecule is CN(C)CCn1cnnc1CCl. The van der Waals surface area contributed by atoms with E-state index >= 15 is 0 Å². The maximum Gasteiger partial charge on any atom is 0.147 e. The van der Waals surface area contributed by atoms with Gasteiger partial charge in [0.2, 0.25) is 0 Å². The minimum absolute atomic E-state index is 0.424. The number of halogens is 1. The van der Waals surface area contributed by atoms with E-state index < -0.39 is 0 Å². The fourth-order valence-corrected chi connectivity index (χ4v) is 1.08. The van der Waals surface area contributed by atoms with Crippen molar-refractivity contribution >= 4 is 11.6 Å². The van der Waals surface area contributed by atoms with Crippen LogP contribution in [0.25, 0.3) is 0 Å². The third kappa shape index (κ3) is 2.46. The number of aromatic nitrogens is 3. The molecule has 0 saturated carbocycles. The zero-order valence-electron chi connectivity index (χ0n) is 7.37. The maximum atomic E-state index is 5.65. The summed E-state index contributed by atoms with van der Waals surface area (Å²) in [6.45, 7) is 1.87. The first-order chi connectivity index (χ1) is 5.74. The second kappa shape index (κ2) is 4.42. The summed E-state index contributed by atoms with van der Waals surface area (Å²) in [4.78, 5) is 2.11. The van der Waals surface area contributed by atoms with Crippen LogP contribution in [0.15, 0.2) is 6.33 Å². The van der Waals surface area contributed by atoms with Crippen LogP contribution in [0.2, 0.25) is 0 Å². The summed E-state index contributed by atoms with van der Waals surface area (Å²) in [5.74, 6) is 1.26. The van der Waals surface area contributed by atoms with Gasteiger partial charge in [-0.15, -0.1) is 21.8 Å². The van der Waals surface area contributed by atoms with Crippen molar-refractivity contribution in [3.05, 3.63) is 12.2 Å². The van der Waals surface area contributed by atoms with Crippen molar-refractivity contribution in [3.63, 3.8) is 0 Å². The van der Waals surface area contributed by atoms with Gasteiger partial charge in [-0.2, -0.15) is 0 Å². The Morgan fingerprint density at radius 3 is 2.92 bits per heavy atom. The molecule has 1 rings (SSSR count). The largest absolute Gasteiger partial charge is 0.315 e. The second-order valence-corrected chi connectivity index (χ2v) is 3.14. The van der Waals surface area contributed by atoms with Crippen molar-refractivity contribution in [2.45, 2.75) is 12.4 Å². The molecule has 0 radical (unpaired) electrons. The van der Waals surface area contributed by atoms with E-state index in [4.69, 9.17) is 11.6 Å². The summed E-state index contributed by atoms with van der Waals surface area (Å²) in [5, 5.41) is 7.66. The highest BCUT2D eigenvalue weighted by Gasteiger charge is 2.01. The van der Waals surface area contributed by atoms with Crippen LogP contribution in [0.3, 0.4) is 0 Å². The molecular formula is C7H13ClN4. The summed E-state index contributed by atoms with van der Waals surface area (Å²) in [6.07, 6.45) is 1.71. The number of nitrogens with zero attached hydrogens (tertiary/aromatic N) is 4. The van der Waals surface area contributed by atoms with Crippen LogP contribution < -0.4 is 0 Å². The minimum Gasteiger partial charge on any atom is -0.315 e. The average molecular weight is 189 g/mol. The van der Waals surface area contributed by atoms with Crippen LogP contribution in [-0.2, 0) is 12.4 Å². The van der Waals surface area contributed by atoms with Gasteiger partial charge in [0.05, 0.1) is 5.88 Å². The first kappa shape index (κ1) is 9.48. The molecule has 0 bridgehead atoms. The molecule has 12 heavy (non-hydrogen) atoms. The lowest BCUT2D eigenvalue weighted by Gasteiger charge is -2.10. The van der Waals surface area contributed by atoms with E-state index in [0.717, 1.165) is 18.9 Å². The quantitative estimate of drug-likeness (QED) is 0.649. The summed E-state index contributed by atoms with van der Waals surface area (Å²) < 4.78 is 1.97. The van der Waals surface area contributed by atoms with Gasteiger partial charge in [0.25, 0.3) is 0 Å². The molecule has 4 nitrogen and oxygen atoms in total. The van der Waals surface area contributed by atoms with Gasteiger partial charge in [-0.05, 0) is 14.1 Å². The van der Waals surface area contributed by atoms with E-state index in [1.54, 1.807) is 6.33 Å². The lowest BCUT2D eigenvalue weighted by molar-refractivity contribution is 0.381. The van der Waals surface area contributed by atoms with Crippen LogP contribution in [0.5, 0.6) is 0 Å². The highest BCUT2D eigenvalue weighted by molar-refractivity contribution is 6.16. The third-order valence-electron chi connectivity index (χ3n) is 1.60. The monoisotopic (exact) mass is 188 g/mol. The van der Waals surface area contributed by atoms with Crippen LogP contribution in [0, 0.1) is 0 Å². The molecule has 1 aromatic heterocycles. The highest BCUT2D eigenvalue weighted by atomic mass is 35.5. The van der Waals surface area contributed by atoms with E-state index in [0.29, 0.717) is 5.88 Å². The van der Waals surface area contributed by atoms with Gasteiger partial charge in [0.15, 0.2) is 0 Å². The summed E-state index contributed by atoms with van der Waals surface area (Å²) in [5.41, 5.74) is 0. The smallest absolute Gasteiger partial charge is 0.147 e. The predicted molar refractivity (Wildman–Crippen MR) is 48.1 cm³/mol. The van der Waals surface area contributed by atoms with E-state index in [-0.39, 0.29) is 0 Å². The van der Waals surface area contributed by atoms with Crippen molar-refractivity contribution in [2.75, 3.05) is 20.6 Å². The van der Waals surface area contributed by atoms with Crippen LogP contribution in [-0.4, -0.2) is 40.3 Å². The molecule has 0 amide bonds. The molecule has 0 unspecified atom stereocenters. The Labute approximate surface area is 77.1 Å². The molecule has 0 fully saturated rings. The Hall–Kier alpha value is -0.610. The van der Waals surface area contributed by atoms with Gasteiger partial charge in [0.1, 0.15) is 12.2 Å². The first-order valence-corrected chi connectivity index (χ1v) is 4.35. The summed E-state index contributed by atoms with van der Waals surface area (Å²) in [7, 11) is 4.06. The molecule has 68 valence electrons. The number of likely N-dealkylation sites (N-methyl/N-ethyl adjacent to an activating group) is 1. The molecule has 0 saturated heterocycles. The van der Waals surface area contributed by atoms with Crippen molar-refractivity contribution in [1.82, 2.24) is 19.7 Å². The summed E-state index contributed by atoms with van der Waals surface area (Å²) in [6, 6.07) is 0. The first-order valence-electron chi connectivity index (χ1n) is 3.81. The molecule has 0 aromatic carbocycles. The fourth-order valence-electron chi connectivity index (χ4n) is 0.877. The lowest BCUT2D eigenvalue weighted by Crippen LogP contribution is -2.18. The van der Waals surface area contributed by atoms with E-state index in [9.17, 15) is 0 Å². The van der Waals surface area contributed by atoms with E-state index in [1.807, 2.05) is 18.7 Å². The topological polar surface area (TPSA) is 34.0 Å². The highest BCUT2D eigenvalue weighted by Crippen LogP contribution is 1.98. The van der Waals surface area contributed by atoms with E-state index in [2.05, 4.69) is 15.1 Å². The van der Waals surface area contributed by atoms with Crippen molar-refractivity contribution < 1.29 is 0 Å². The third-order valence-corrected chi connectivity index (χ3v) is 1.84. The number of alkyl halides is 1. The zero-order valence-corrected chi connectivity index (χ0v) is 8.12. The molecule has 5 heteroatoms. The molecule has 1 heterocycles. The van der Waals surface area contributed by atoms with Crippen molar-refractivity contribution in [3.8, 4) is 0 Å². The maximum absolute atomic E-state index is 5.65. The normalized spacial score (nSPS) is 11.0. The van der Waals surface area contributed by atoms with Crippen molar-refractivity contribution in [1.29, 1.82) is 0 Å². The van der Waals surface area contributed by atoms with Crippen molar-refractivity contribution in [2.24, 2.45) is 0 Å². The lowest BCUT2D eigenvalue weighted by atomic mass is 10.5. The molecule has 0 aliphatic carbocycles. The van der Waals surface area contributed by atoms with Crippen LogP contribution in [0.4, 0.5) is 0 Å². The number of rotatable bonds is 4. The van der Waals surface area contributed by atoms with Gasteiger partial charge in [0, 0.05) is 13.1 Å². The number of hydrogen-bond donors (Lipinski definition) is 0. The standard InChI is InChI=1S/C7H13ClN4/c1-11(2)3-4-12-6-9-10-7(12)5-8/h6H,3-5H2,1-2H3. The molecule has 1 aromatic rings. The Balaban J connectivity index is 2.50. The number of hydrogen-bond acceptors (Lipinski definition) is 3. The molecule has 0 N–H and O–H groups in total. The van der Waals surface area contributed by atoms with E-state index in [1.165, 1.54) is 0 Å². The summed E-state index contributed by atoms with van der Waals surface area (Å²) >= 11 is 5.65. The van der Waals surface area contributed by atoms with Gasteiger partial charge in [-0.25, -0.2) is 0 Å². The van der Waals surface area contributed by atoms with Crippen LogP contribution in [0.1, 0.15) is 5.82 Å². The molecule has 0 atom stereocenters. The Bertz CT molecular complexity index is 233. The Morgan fingerprint density at radius 2 is 2.33 bits per heavy atom. The zero-order chi connectivity index (χ0) is 8.97. The molecule has 0 spiro atoms. The minimum atomic E-state index is 0.424. The molecular weight excluding hydrogens is 176 g/mol.